The second-order valence-corrected chi connectivity index (χ2v) is 3.89. The smallest absolute Gasteiger partial charge is 0.0772 e. The Hall–Kier alpha value is -0.0800. The van der Waals surface area contributed by atoms with E-state index in [0.717, 1.165) is 19.3 Å². The molecule has 2 heterocycles. The molecule has 3 atom stereocenters. The molecule has 0 aliphatic carbocycles. The predicted molar refractivity (Wildman–Crippen MR) is 39.8 cm³/mol. The van der Waals surface area contributed by atoms with E-state index in [4.69, 9.17) is 0 Å². The highest BCUT2D eigenvalue weighted by molar-refractivity contribution is 5.00. The van der Waals surface area contributed by atoms with Gasteiger partial charge in [-0.3, -0.25) is 0 Å². The Balaban J connectivity index is 2.14. The minimum atomic E-state index is -0.424. The van der Waals surface area contributed by atoms with Crippen molar-refractivity contribution < 1.29 is 5.11 Å². The minimum absolute atomic E-state index is 0.381. The Kier molecular flexibility index (Phi) is 1.29. The highest BCUT2D eigenvalue weighted by atomic mass is 16.3. The van der Waals surface area contributed by atoms with Crippen LogP contribution in [0.2, 0.25) is 0 Å². The van der Waals surface area contributed by atoms with Gasteiger partial charge in [0.2, 0.25) is 0 Å². The van der Waals surface area contributed by atoms with Gasteiger partial charge in [-0.2, -0.15) is 0 Å². The number of fused-ring (bicyclic) bond motifs is 2. The summed E-state index contributed by atoms with van der Waals surface area (Å²) in [6.07, 6.45) is 4.57. The highest BCUT2D eigenvalue weighted by Crippen LogP contribution is 2.33. The molecule has 2 nitrogen and oxygen atoms in total. The van der Waals surface area contributed by atoms with Gasteiger partial charge in [-0.25, -0.2) is 0 Å². The van der Waals surface area contributed by atoms with E-state index < -0.39 is 5.60 Å². The van der Waals surface area contributed by atoms with Crippen molar-refractivity contribution in [3.63, 3.8) is 0 Å². The fraction of sp³-hybridized carbons (Fsp3) is 1.00. The fourth-order valence-electron chi connectivity index (χ4n) is 2.18. The molecule has 2 heteroatoms. The van der Waals surface area contributed by atoms with Gasteiger partial charge < -0.3 is 10.4 Å². The third-order valence-corrected chi connectivity index (χ3v) is 2.99. The summed E-state index contributed by atoms with van der Waals surface area (Å²) in [6, 6.07) is 1.09. The molecule has 2 saturated heterocycles. The molecular formula is C8H15NO. The number of nitrogens with one attached hydrogen (secondary N) is 1. The molecule has 0 aromatic heterocycles. The van der Waals surface area contributed by atoms with Crippen LogP contribution >= 0.6 is 0 Å². The lowest BCUT2D eigenvalue weighted by Gasteiger charge is -2.35. The van der Waals surface area contributed by atoms with Crippen molar-refractivity contribution in [1.82, 2.24) is 5.32 Å². The maximum absolute atomic E-state index is 9.80. The van der Waals surface area contributed by atoms with Crippen molar-refractivity contribution in [1.29, 1.82) is 0 Å². The molecule has 2 aliphatic heterocycles. The Labute approximate surface area is 61.6 Å². The van der Waals surface area contributed by atoms with Crippen LogP contribution in [0.1, 0.15) is 32.6 Å². The average molecular weight is 141 g/mol. The zero-order valence-corrected chi connectivity index (χ0v) is 6.43. The van der Waals surface area contributed by atoms with E-state index in [1.807, 2.05) is 6.92 Å². The standard InChI is InChI=1S/C8H15NO/c1-8(10)5-4-6-2-3-7(8)9-6/h6-7,9-10H,2-5H2,1H3/t6-,7+,8?/m1/s1. The Morgan fingerprint density at radius 1 is 1.40 bits per heavy atom. The maximum Gasteiger partial charge on any atom is 0.0772 e. The molecule has 0 saturated carbocycles. The first-order chi connectivity index (χ1) is 4.68. The molecule has 0 amide bonds. The van der Waals surface area contributed by atoms with E-state index >= 15 is 0 Å². The fourth-order valence-corrected chi connectivity index (χ4v) is 2.18. The zero-order valence-electron chi connectivity index (χ0n) is 6.43. The van der Waals surface area contributed by atoms with Crippen molar-refractivity contribution >= 4 is 0 Å². The van der Waals surface area contributed by atoms with E-state index in [2.05, 4.69) is 5.32 Å². The monoisotopic (exact) mass is 141 g/mol. The summed E-state index contributed by atoms with van der Waals surface area (Å²) in [7, 11) is 0. The number of rotatable bonds is 0. The van der Waals surface area contributed by atoms with Gasteiger partial charge in [0, 0.05) is 12.1 Å². The zero-order chi connectivity index (χ0) is 7.19. The van der Waals surface area contributed by atoms with E-state index in [-0.39, 0.29) is 0 Å². The molecule has 0 aromatic carbocycles. The largest absolute Gasteiger partial charge is 0.389 e. The Bertz CT molecular complexity index is 144. The molecule has 2 fully saturated rings. The normalized spacial score (nSPS) is 53.4. The quantitative estimate of drug-likeness (QED) is 0.519. The van der Waals surface area contributed by atoms with Gasteiger partial charge in [-0.1, -0.05) is 0 Å². The van der Waals surface area contributed by atoms with Crippen molar-refractivity contribution in [3.05, 3.63) is 0 Å². The molecule has 2 rings (SSSR count). The number of aliphatic hydroxyl groups is 1. The lowest BCUT2D eigenvalue weighted by atomic mass is 9.89. The second-order valence-electron chi connectivity index (χ2n) is 3.89. The van der Waals surface area contributed by atoms with Crippen LogP contribution in [-0.2, 0) is 0 Å². The van der Waals surface area contributed by atoms with Crippen LogP contribution in [0.25, 0.3) is 0 Å². The van der Waals surface area contributed by atoms with Crippen LogP contribution in [0.15, 0.2) is 0 Å². The van der Waals surface area contributed by atoms with Crippen molar-refractivity contribution in [2.45, 2.75) is 50.3 Å². The molecule has 2 aliphatic rings. The van der Waals surface area contributed by atoms with E-state index in [9.17, 15) is 5.11 Å². The van der Waals surface area contributed by atoms with Crippen LogP contribution in [-0.4, -0.2) is 22.8 Å². The first-order valence-corrected chi connectivity index (χ1v) is 4.17. The Morgan fingerprint density at radius 2 is 2.20 bits per heavy atom. The van der Waals surface area contributed by atoms with Crippen LogP contribution < -0.4 is 5.32 Å². The summed E-state index contributed by atoms with van der Waals surface area (Å²) in [4.78, 5) is 0. The van der Waals surface area contributed by atoms with E-state index in [0.29, 0.717) is 12.1 Å². The van der Waals surface area contributed by atoms with Gasteiger partial charge >= 0.3 is 0 Å². The summed E-state index contributed by atoms with van der Waals surface area (Å²) < 4.78 is 0. The summed E-state index contributed by atoms with van der Waals surface area (Å²) in [6.45, 7) is 1.95. The number of hydrogen-bond acceptors (Lipinski definition) is 2. The van der Waals surface area contributed by atoms with Crippen LogP contribution in [0, 0.1) is 0 Å². The van der Waals surface area contributed by atoms with Gasteiger partial charge in [-0.05, 0) is 32.6 Å². The first kappa shape index (κ1) is 6.62. The van der Waals surface area contributed by atoms with Crippen molar-refractivity contribution in [3.8, 4) is 0 Å². The summed E-state index contributed by atoms with van der Waals surface area (Å²) >= 11 is 0. The molecule has 58 valence electrons. The Morgan fingerprint density at radius 3 is 2.90 bits per heavy atom. The molecule has 0 radical (unpaired) electrons. The van der Waals surface area contributed by atoms with Gasteiger partial charge in [0.15, 0.2) is 0 Å². The second kappa shape index (κ2) is 1.95. The first-order valence-electron chi connectivity index (χ1n) is 4.17. The number of piperidine rings is 1. The van der Waals surface area contributed by atoms with Crippen molar-refractivity contribution in [2.75, 3.05) is 0 Å². The molecule has 2 bridgehead atoms. The molecule has 0 aromatic rings. The summed E-state index contributed by atoms with van der Waals surface area (Å²) in [5, 5.41) is 13.2. The lowest BCUT2D eigenvalue weighted by molar-refractivity contribution is -0.000281. The maximum atomic E-state index is 9.80. The molecular weight excluding hydrogens is 126 g/mol. The molecule has 1 unspecified atom stereocenters. The van der Waals surface area contributed by atoms with Gasteiger partial charge in [-0.15, -0.1) is 0 Å². The lowest BCUT2D eigenvalue weighted by Crippen LogP contribution is -2.51. The third kappa shape index (κ3) is 0.867. The third-order valence-electron chi connectivity index (χ3n) is 2.99. The molecule has 0 spiro atoms. The minimum Gasteiger partial charge on any atom is -0.389 e. The molecule has 10 heavy (non-hydrogen) atoms. The van der Waals surface area contributed by atoms with E-state index in [1.54, 1.807) is 0 Å². The number of hydrogen-bond donors (Lipinski definition) is 2. The van der Waals surface area contributed by atoms with Gasteiger partial charge in [0.25, 0.3) is 0 Å². The SMILES string of the molecule is CC1(O)CC[C@H]2CC[C@@H]1N2. The predicted octanol–water partition coefficient (Wildman–Crippen LogP) is 0.652. The van der Waals surface area contributed by atoms with Crippen molar-refractivity contribution in [2.24, 2.45) is 0 Å². The van der Waals surface area contributed by atoms with Gasteiger partial charge in [0.1, 0.15) is 0 Å². The topological polar surface area (TPSA) is 32.3 Å². The van der Waals surface area contributed by atoms with Gasteiger partial charge in [0.05, 0.1) is 5.60 Å². The molecule has 2 N–H and O–H groups in total. The van der Waals surface area contributed by atoms with Crippen LogP contribution in [0.3, 0.4) is 0 Å². The summed E-state index contributed by atoms with van der Waals surface area (Å²) in [5.74, 6) is 0. The van der Waals surface area contributed by atoms with Crippen LogP contribution in [0.5, 0.6) is 0 Å². The van der Waals surface area contributed by atoms with Crippen LogP contribution in [0.4, 0.5) is 0 Å². The summed E-state index contributed by atoms with van der Waals surface area (Å²) in [5.41, 5.74) is -0.424. The average Bonchev–Trinajstić information content (AvgIpc) is 2.26. The van der Waals surface area contributed by atoms with E-state index in [1.165, 1.54) is 6.42 Å². The highest BCUT2D eigenvalue weighted by Gasteiger charge is 2.41.